The predicted octanol–water partition coefficient (Wildman–Crippen LogP) is 11.3. The number of carbonyl (C=O) groups is 2. The first kappa shape index (κ1) is 44.1. The van der Waals surface area contributed by atoms with E-state index in [1.165, 1.54) is 11.8 Å². The number of nitrogens with two attached hydrogens (primary N) is 1. The van der Waals surface area contributed by atoms with Crippen LogP contribution in [0, 0.1) is 0 Å². The predicted molar refractivity (Wildman–Crippen MR) is 253 cm³/mol. The second-order valence-corrected chi connectivity index (χ2v) is 16.8. The first-order valence-electron chi connectivity index (χ1n) is 21.7. The topological polar surface area (TPSA) is 149 Å². The normalized spacial score (nSPS) is 16.0. The van der Waals surface area contributed by atoms with Crippen LogP contribution in [0.4, 0.5) is 11.4 Å². The molecule has 0 spiro atoms. The summed E-state index contributed by atoms with van der Waals surface area (Å²) in [5.41, 5.74) is 15.6. The van der Waals surface area contributed by atoms with Gasteiger partial charge in [-0.2, -0.15) is 0 Å². The summed E-state index contributed by atoms with van der Waals surface area (Å²) in [6.45, 7) is 0.376. The number of anilines is 2. The molecule has 1 aromatic heterocycles. The molecule has 10 nitrogen and oxygen atoms in total. The zero-order chi connectivity index (χ0) is 44.1. The molecule has 2 heterocycles. The number of oxazole rings is 1. The Labute approximate surface area is 378 Å². The van der Waals surface area contributed by atoms with E-state index in [1.54, 1.807) is 12.1 Å². The van der Waals surface area contributed by atoms with Gasteiger partial charge in [0.2, 0.25) is 11.8 Å². The number of para-hydroxylation sites is 2. The lowest BCUT2D eigenvalue weighted by Gasteiger charge is -2.36. The molecule has 0 radical (unpaired) electrons. The SMILES string of the molecule is Nc1ccccc1NC(=O)CCCCCC(=O)NCc1cccc(-c2cccc(C3OC(CSc4nc(-c5ccccc5)c(-c5ccccc5)o4)CC(c4ccc(CO)cc4)O3)c2)c1. The number of rotatable bonds is 18. The van der Waals surface area contributed by atoms with Crippen LogP contribution in [0.15, 0.2) is 167 Å². The summed E-state index contributed by atoms with van der Waals surface area (Å²) in [6, 6.07) is 51.6. The second kappa shape index (κ2) is 21.7. The van der Waals surface area contributed by atoms with Gasteiger partial charge in [0.05, 0.1) is 30.2 Å². The Hall–Kier alpha value is -6.50. The Morgan fingerprint density at radius 2 is 1.34 bits per heavy atom. The zero-order valence-electron chi connectivity index (χ0n) is 35.5. The summed E-state index contributed by atoms with van der Waals surface area (Å²) in [4.78, 5) is 30.1. The average Bonchev–Trinajstić information content (AvgIpc) is 3.78. The highest BCUT2D eigenvalue weighted by molar-refractivity contribution is 7.99. The molecule has 8 rings (SSSR count). The Morgan fingerprint density at radius 3 is 2.09 bits per heavy atom. The highest BCUT2D eigenvalue weighted by atomic mass is 32.2. The highest BCUT2D eigenvalue weighted by Gasteiger charge is 2.33. The number of nitrogens with one attached hydrogen (secondary N) is 2. The van der Waals surface area contributed by atoms with Crippen LogP contribution < -0.4 is 16.4 Å². The van der Waals surface area contributed by atoms with Crippen molar-refractivity contribution in [3.63, 3.8) is 0 Å². The minimum atomic E-state index is -0.648. The van der Waals surface area contributed by atoms with E-state index in [0.29, 0.717) is 61.0 Å². The van der Waals surface area contributed by atoms with E-state index in [0.717, 1.165) is 62.4 Å². The highest BCUT2D eigenvalue weighted by Crippen LogP contribution is 2.42. The Morgan fingerprint density at radius 1 is 0.672 bits per heavy atom. The van der Waals surface area contributed by atoms with E-state index >= 15 is 0 Å². The molecule has 7 aromatic rings. The van der Waals surface area contributed by atoms with Crippen LogP contribution in [0.3, 0.4) is 0 Å². The van der Waals surface area contributed by atoms with Gasteiger partial charge in [-0.15, -0.1) is 0 Å². The number of hydrogen-bond donors (Lipinski definition) is 4. The number of hydrogen-bond acceptors (Lipinski definition) is 9. The standard InChI is InChI=1S/C53H52N4O6S/c54-45-22-10-11-23-46(45)56-49(60)25-9-3-8-24-48(59)55-33-37-14-12-19-41(30-37)42-20-13-21-43(31-42)52-61-44(32-47(62-52)38-28-26-36(34-58)27-29-38)35-64-53-57-50(39-15-4-1-5-16-39)51(63-53)40-17-6-2-7-18-40/h1-2,4-7,10-23,26-31,44,47,52,58H,3,8-9,24-25,32-35,54H2,(H,55,59)(H,56,60). The third kappa shape index (κ3) is 11.7. The minimum absolute atomic E-state index is 0.0233. The molecule has 3 unspecified atom stereocenters. The van der Waals surface area contributed by atoms with Gasteiger partial charge in [-0.1, -0.05) is 152 Å². The molecule has 6 aromatic carbocycles. The summed E-state index contributed by atoms with van der Waals surface area (Å²) < 4.78 is 19.9. The Bertz CT molecular complexity index is 2560. The third-order valence-electron chi connectivity index (χ3n) is 11.1. The molecule has 0 aliphatic carbocycles. The molecular formula is C53H52N4O6S. The van der Waals surface area contributed by atoms with Crippen molar-refractivity contribution in [1.29, 1.82) is 0 Å². The van der Waals surface area contributed by atoms with Crippen molar-refractivity contribution < 1.29 is 28.6 Å². The van der Waals surface area contributed by atoms with Crippen LogP contribution in [-0.2, 0) is 32.2 Å². The van der Waals surface area contributed by atoms with Crippen LogP contribution in [0.2, 0.25) is 0 Å². The molecule has 2 amide bonds. The van der Waals surface area contributed by atoms with E-state index < -0.39 is 6.29 Å². The van der Waals surface area contributed by atoms with Crippen LogP contribution >= 0.6 is 11.8 Å². The maximum atomic E-state index is 12.8. The molecular weight excluding hydrogens is 821 g/mol. The fraction of sp³-hybridized carbons (Fsp3) is 0.226. The molecule has 326 valence electrons. The summed E-state index contributed by atoms with van der Waals surface area (Å²) in [7, 11) is 0. The van der Waals surface area contributed by atoms with Crippen molar-refractivity contribution in [2.45, 2.75) is 75.4 Å². The summed E-state index contributed by atoms with van der Waals surface area (Å²) in [5, 5.41) is 16.2. The third-order valence-corrected chi connectivity index (χ3v) is 12.1. The molecule has 1 saturated heterocycles. The number of amides is 2. The van der Waals surface area contributed by atoms with Crippen molar-refractivity contribution >= 4 is 35.0 Å². The van der Waals surface area contributed by atoms with Crippen LogP contribution in [0.1, 0.15) is 73.2 Å². The smallest absolute Gasteiger partial charge is 0.256 e. The first-order valence-corrected chi connectivity index (χ1v) is 22.7. The molecule has 1 fully saturated rings. The van der Waals surface area contributed by atoms with Crippen molar-refractivity contribution in [3.8, 4) is 33.7 Å². The van der Waals surface area contributed by atoms with Gasteiger partial charge in [0.1, 0.15) is 5.69 Å². The number of benzene rings is 6. The van der Waals surface area contributed by atoms with Crippen LogP contribution in [0.25, 0.3) is 33.7 Å². The summed E-state index contributed by atoms with van der Waals surface area (Å²) in [6.07, 6.45) is 2.44. The minimum Gasteiger partial charge on any atom is -0.431 e. The number of nitrogens with zero attached hydrogens (tertiary/aromatic N) is 1. The lowest BCUT2D eigenvalue weighted by atomic mass is 9.99. The average molecular weight is 873 g/mol. The number of aliphatic hydroxyl groups is 1. The largest absolute Gasteiger partial charge is 0.431 e. The van der Waals surface area contributed by atoms with Crippen LogP contribution in [-0.4, -0.2) is 33.8 Å². The number of ether oxygens (including phenoxy) is 2. The quantitative estimate of drug-likeness (QED) is 0.0375. The number of thioether (sulfide) groups is 1. The second-order valence-electron chi connectivity index (χ2n) is 15.8. The summed E-state index contributed by atoms with van der Waals surface area (Å²) >= 11 is 1.53. The maximum absolute atomic E-state index is 12.8. The fourth-order valence-electron chi connectivity index (χ4n) is 7.71. The van der Waals surface area contributed by atoms with Gasteiger partial charge in [-0.3, -0.25) is 9.59 Å². The van der Waals surface area contributed by atoms with E-state index in [9.17, 15) is 14.7 Å². The van der Waals surface area contributed by atoms with E-state index in [1.807, 2.05) is 121 Å². The van der Waals surface area contributed by atoms with Gasteiger partial charge < -0.3 is 35.4 Å². The molecule has 11 heteroatoms. The number of carbonyl (C=O) groups excluding carboxylic acids is 2. The van der Waals surface area contributed by atoms with Crippen molar-refractivity contribution in [2.24, 2.45) is 0 Å². The number of aromatic nitrogens is 1. The van der Waals surface area contributed by atoms with Crippen LogP contribution in [0.5, 0.6) is 0 Å². The van der Waals surface area contributed by atoms with Gasteiger partial charge >= 0.3 is 0 Å². The Balaban J connectivity index is 0.903. The van der Waals surface area contributed by atoms with E-state index in [-0.39, 0.29) is 30.6 Å². The Kier molecular flexibility index (Phi) is 15.0. The lowest BCUT2D eigenvalue weighted by molar-refractivity contribution is -0.245. The number of aliphatic hydroxyl groups excluding tert-OH is 1. The first-order chi connectivity index (χ1) is 31.4. The number of nitrogen functional groups attached to an aromatic ring is 1. The fourth-order valence-corrected chi connectivity index (χ4v) is 8.55. The van der Waals surface area contributed by atoms with Gasteiger partial charge in [0.15, 0.2) is 12.1 Å². The van der Waals surface area contributed by atoms with Crippen molar-refractivity contribution in [2.75, 3.05) is 16.8 Å². The van der Waals surface area contributed by atoms with Crippen molar-refractivity contribution in [3.05, 3.63) is 180 Å². The zero-order valence-corrected chi connectivity index (χ0v) is 36.3. The molecule has 0 saturated carbocycles. The van der Waals surface area contributed by atoms with Gasteiger partial charge in [0, 0.05) is 48.3 Å². The van der Waals surface area contributed by atoms with Gasteiger partial charge in [0.25, 0.3) is 5.22 Å². The van der Waals surface area contributed by atoms with Gasteiger partial charge in [-0.25, -0.2) is 4.98 Å². The van der Waals surface area contributed by atoms with Crippen molar-refractivity contribution in [1.82, 2.24) is 10.3 Å². The molecule has 5 N–H and O–H groups in total. The van der Waals surface area contributed by atoms with E-state index in [4.69, 9.17) is 24.6 Å². The van der Waals surface area contributed by atoms with Gasteiger partial charge in [-0.05, 0) is 64.9 Å². The molecule has 1 aliphatic rings. The molecule has 3 atom stereocenters. The maximum Gasteiger partial charge on any atom is 0.256 e. The lowest BCUT2D eigenvalue weighted by Crippen LogP contribution is -2.31. The monoisotopic (exact) mass is 872 g/mol. The van der Waals surface area contributed by atoms with E-state index in [2.05, 4.69) is 34.9 Å². The molecule has 1 aliphatic heterocycles. The summed E-state index contributed by atoms with van der Waals surface area (Å²) in [5.74, 6) is 1.21. The number of unbranched alkanes of at least 4 members (excludes halogenated alkanes) is 2. The molecule has 0 bridgehead atoms. The molecule has 64 heavy (non-hydrogen) atoms.